The standard InChI is InChI=1S/C21H21ClN2O.ClH/c22-15-9-10-18-16(12-15)17(21(25)19-8-4-5-11-23-19)13-20(24-18)14-6-2-1-3-7-14;/h1-3,6-7,9-10,12-13,19,21,23,25H,4-5,8,11H2;1H. The van der Waals surface area contributed by atoms with E-state index in [-0.39, 0.29) is 18.4 Å². The number of piperidine rings is 1. The molecule has 2 unspecified atom stereocenters. The van der Waals surface area contributed by atoms with E-state index in [4.69, 9.17) is 16.6 Å². The fourth-order valence-corrected chi connectivity index (χ4v) is 3.76. The van der Waals surface area contributed by atoms with E-state index in [1.54, 1.807) is 0 Å². The maximum atomic E-state index is 11.1. The molecule has 2 N–H and O–H groups in total. The number of fused-ring (bicyclic) bond motifs is 1. The van der Waals surface area contributed by atoms with Gasteiger partial charge in [-0.1, -0.05) is 48.4 Å². The number of aromatic nitrogens is 1. The second-order valence-electron chi connectivity index (χ2n) is 6.63. The first-order valence-corrected chi connectivity index (χ1v) is 9.17. The van der Waals surface area contributed by atoms with Gasteiger partial charge in [0.05, 0.1) is 17.3 Å². The number of hydrogen-bond donors (Lipinski definition) is 2. The average molecular weight is 389 g/mol. The zero-order valence-corrected chi connectivity index (χ0v) is 15.9. The van der Waals surface area contributed by atoms with E-state index in [0.717, 1.165) is 47.1 Å². The molecule has 1 aromatic heterocycles. The molecule has 0 saturated carbocycles. The maximum absolute atomic E-state index is 11.1. The highest BCUT2D eigenvalue weighted by Crippen LogP contribution is 2.33. The number of halogens is 2. The molecule has 0 bridgehead atoms. The molecule has 1 fully saturated rings. The number of rotatable bonds is 3. The normalized spacial score (nSPS) is 18.3. The highest BCUT2D eigenvalue weighted by Gasteiger charge is 2.25. The lowest BCUT2D eigenvalue weighted by Gasteiger charge is -2.29. The Labute approximate surface area is 164 Å². The molecule has 136 valence electrons. The lowest BCUT2D eigenvalue weighted by Crippen LogP contribution is -2.38. The number of aliphatic hydroxyl groups is 1. The van der Waals surface area contributed by atoms with Crippen LogP contribution in [0, 0.1) is 0 Å². The van der Waals surface area contributed by atoms with E-state index < -0.39 is 6.10 Å². The van der Waals surface area contributed by atoms with Crippen molar-refractivity contribution >= 4 is 34.9 Å². The van der Waals surface area contributed by atoms with Crippen molar-refractivity contribution < 1.29 is 5.11 Å². The van der Waals surface area contributed by atoms with Gasteiger partial charge in [-0.15, -0.1) is 12.4 Å². The largest absolute Gasteiger partial charge is 0.387 e. The highest BCUT2D eigenvalue weighted by atomic mass is 35.5. The molecule has 0 aliphatic carbocycles. The first-order chi connectivity index (χ1) is 12.2. The Balaban J connectivity index is 0.00000196. The monoisotopic (exact) mass is 388 g/mol. The molecule has 26 heavy (non-hydrogen) atoms. The molecule has 3 aromatic rings. The van der Waals surface area contributed by atoms with Gasteiger partial charge < -0.3 is 10.4 Å². The summed E-state index contributed by atoms with van der Waals surface area (Å²) in [6, 6.07) is 17.8. The molecule has 2 atom stereocenters. The molecular formula is C21H22Cl2N2O. The Morgan fingerprint density at radius 2 is 1.88 bits per heavy atom. The zero-order valence-electron chi connectivity index (χ0n) is 14.4. The van der Waals surface area contributed by atoms with E-state index in [1.165, 1.54) is 6.42 Å². The molecule has 0 spiro atoms. The summed E-state index contributed by atoms with van der Waals surface area (Å²) in [5.41, 5.74) is 3.67. The van der Waals surface area contributed by atoms with Gasteiger partial charge in [-0.3, -0.25) is 0 Å². The third kappa shape index (κ3) is 3.86. The maximum Gasteiger partial charge on any atom is 0.0950 e. The number of aliphatic hydroxyl groups excluding tert-OH is 1. The van der Waals surface area contributed by atoms with Crippen LogP contribution in [-0.2, 0) is 0 Å². The minimum atomic E-state index is -0.577. The van der Waals surface area contributed by atoms with Crippen LogP contribution in [0.25, 0.3) is 22.2 Å². The first-order valence-electron chi connectivity index (χ1n) is 8.79. The summed E-state index contributed by atoms with van der Waals surface area (Å²) in [5, 5.41) is 16.1. The van der Waals surface area contributed by atoms with E-state index in [9.17, 15) is 5.11 Å². The second kappa shape index (κ2) is 8.36. The zero-order chi connectivity index (χ0) is 17.2. The van der Waals surface area contributed by atoms with Crippen LogP contribution in [-0.4, -0.2) is 22.7 Å². The van der Waals surface area contributed by atoms with E-state index >= 15 is 0 Å². The summed E-state index contributed by atoms with van der Waals surface area (Å²) in [5.74, 6) is 0. The predicted octanol–water partition coefficient (Wildman–Crippen LogP) is 5.15. The Bertz CT molecular complexity index is 880. The van der Waals surface area contributed by atoms with Crippen LogP contribution in [0.4, 0.5) is 0 Å². The smallest absolute Gasteiger partial charge is 0.0950 e. The van der Waals surface area contributed by atoms with Gasteiger partial charge in [0.2, 0.25) is 0 Å². The molecule has 1 aliphatic rings. The second-order valence-corrected chi connectivity index (χ2v) is 7.06. The minimum Gasteiger partial charge on any atom is -0.387 e. The van der Waals surface area contributed by atoms with E-state index in [1.807, 2.05) is 54.6 Å². The van der Waals surface area contributed by atoms with Gasteiger partial charge in [0, 0.05) is 22.0 Å². The van der Waals surface area contributed by atoms with Crippen LogP contribution in [0.15, 0.2) is 54.6 Å². The first kappa shape index (κ1) is 19.1. The van der Waals surface area contributed by atoms with Gasteiger partial charge in [0.1, 0.15) is 0 Å². The molecule has 4 rings (SSSR count). The molecule has 5 heteroatoms. The van der Waals surface area contributed by atoms with Crippen molar-refractivity contribution in [3.05, 3.63) is 65.2 Å². The molecule has 0 radical (unpaired) electrons. The quantitative estimate of drug-likeness (QED) is 0.651. The molecular weight excluding hydrogens is 367 g/mol. The summed E-state index contributed by atoms with van der Waals surface area (Å²) in [7, 11) is 0. The van der Waals surface area contributed by atoms with Crippen molar-refractivity contribution in [2.45, 2.75) is 31.4 Å². The topological polar surface area (TPSA) is 45.2 Å². The van der Waals surface area contributed by atoms with Gasteiger partial charge in [-0.25, -0.2) is 4.98 Å². The number of nitrogens with one attached hydrogen (secondary N) is 1. The van der Waals surface area contributed by atoms with Crippen molar-refractivity contribution in [2.75, 3.05) is 6.54 Å². The Kier molecular flexibility index (Phi) is 6.15. The van der Waals surface area contributed by atoms with Gasteiger partial charge in [0.25, 0.3) is 0 Å². The number of nitrogens with zero attached hydrogens (tertiary/aromatic N) is 1. The Hall–Kier alpha value is -1.65. The van der Waals surface area contributed by atoms with Gasteiger partial charge >= 0.3 is 0 Å². The molecule has 0 amide bonds. The van der Waals surface area contributed by atoms with Crippen molar-refractivity contribution in [2.24, 2.45) is 0 Å². The number of hydrogen-bond acceptors (Lipinski definition) is 3. The summed E-state index contributed by atoms with van der Waals surface area (Å²) < 4.78 is 0. The van der Waals surface area contributed by atoms with Crippen molar-refractivity contribution in [3.63, 3.8) is 0 Å². The fourth-order valence-electron chi connectivity index (χ4n) is 3.59. The fraction of sp³-hybridized carbons (Fsp3) is 0.286. The molecule has 1 saturated heterocycles. The van der Waals surface area contributed by atoms with Crippen LogP contribution in [0.5, 0.6) is 0 Å². The third-order valence-electron chi connectivity index (χ3n) is 4.92. The minimum absolute atomic E-state index is 0. The molecule has 2 aromatic carbocycles. The van der Waals surface area contributed by atoms with Crippen LogP contribution in [0.2, 0.25) is 5.02 Å². The SMILES string of the molecule is Cl.OC(c1cc(-c2ccccc2)nc2ccc(Cl)cc12)C1CCCCN1. The lowest BCUT2D eigenvalue weighted by molar-refractivity contribution is 0.115. The van der Waals surface area contributed by atoms with E-state index in [2.05, 4.69) is 5.32 Å². The third-order valence-corrected chi connectivity index (χ3v) is 5.16. The molecule has 1 aliphatic heterocycles. The van der Waals surface area contributed by atoms with Crippen molar-refractivity contribution in [1.29, 1.82) is 0 Å². The predicted molar refractivity (Wildman–Crippen MR) is 110 cm³/mol. The van der Waals surface area contributed by atoms with Gasteiger partial charge in [-0.05, 0) is 49.2 Å². The Morgan fingerprint density at radius 1 is 1.08 bits per heavy atom. The molecule has 2 heterocycles. The van der Waals surface area contributed by atoms with Gasteiger partial charge in [-0.2, -0.15) is 0 Å². The van der Waals surface area contributed by atoms with Gasteiger partial charge in [0.15, 0.2) is 0 Å². The van der Waals surface area contributed by atoms with Crippen LogP contribution < -0.4 is 5.32 Å². The molecule has 3 nitrogen and oxygen atoms in total. The Morgan fingerprint density at radius 3 is 2.62 bits per heavy atom. The van der Waals surface area contributed by atoms with Crippen LogP contribution in [0.3, 0.4) is 0 Å². The highest BCUT2D eigenvalue weighted by molar-refractivity contribution is 6.31. The summed E-state index contributed by atoms with van der Waals surface area (Å²) in [4.78, 5) is 4.78. The van der Waals surface area contributed by atoms with Crippen LogP contribution >= 0.6 is 24.0 Å². The summed E-state index contributed by atoms with van der Waals surface area (Å²) in [6.07, 6.45) is 2.71. The van der Waals surface area contributed by atoms with Crippen molar-refractivity contribution in [1.82, 2.24) is 10.3 Å². The number of benzene rings is 2. The summed E-state index contributed by atoms with van der Waals surface area (Å²) in [6.45, 7) is 0.955. The van der Waals surface area contributed by atoms with Crippen LogP contribution in [0.1, 0.15) is 30.9 Å². The average Bonchev–Trinajstić information content (AvgIpc) is 2.68. The number of pyridine rings is 1. The summed E-state index contributed by atoms with van der Waals surface area (Å²) >= 11 is 6.21. The lowest BCUT2D eigenvalue weighted by atomic mass is 9.92. The van der Waals surface area contributed by atoms with Crippen molar-refractivity contribution in [3.8, 4) is 11.3 Å². The van der Waals surface area contributed by atoms with E-state index in [0.29, 0.717) is 5.02 Å².